The summed E-state index contributed by atoms with van der Waals surface area (Å²) in [4.78, 5) is 29.5. The van der Waals surface area contributed by atoms with Gasteiger partial charge in [-0.1, -0.05) is 43.7 Å². The molecule has 0 aliphatic rings. The summed E-state index contributed by atoms with van der Waals surface area (Å²) in [6.07, 6.45) is -3.22. The molecule has 0 radical (unpaired) electrons. The van der Waals surface area contributed by atoms with Crippen LogP contribution >= 0.6 is 0 Å². The van der Waals surface area contributed by atoms with Crippen molar-refractivity contribution in [1.29, 1.82) is 0 Å². The Morgan fingerprint density at radius 3 is 2.42 bits per heavy atom. The minimum Gasteiger partial charge on any atom is -0.345 e. The molecular formula is C22H23F3N4O2. The minimum atomic E-state index is -4.50. The zero-order valence-corrected chi connectivity index (χ0v) is 16.9. The zero-order valence-electron chi connectivity index (χ0n) is 16.9. The molecular weight excluding hydrogens is 409 g/mol. The molecule has 0 saturated carbocycles. The van der Waals surface area contributed by atoms with Crippen molar-refractivity contribution in [2.45, 2.75) is 38.5 Å². The van der Waals surface area contributed by atoms with Crippen LogP contribution in [0.15, 0.2) is 54.6 Å². The maximum atomic E-state index is 12.7. The predicted molar refractivity (Wildman–Crippen MR) is 110 cm³/mol. The topological polar surface area (TPSA) is 76.0 Å². The van der Waals surface area contributed by atoms with Gasteiger partial charge in [0.1, 0.15) is 18.9 Å². The molecule has 0 spiro atoms. The third-order valence-corrected chi connectivity index (χ3v) is 4.70. The lowest BCUT2D eigenvalue weighted by Gasteiger charge is -2.20. The Hall–Kier alpha value is -3.36. The number of carbonyl (C=O) groups is 2. The lowest BCUT2D eigenvalue weighted by molar-refractivity contribution is -0.138. The number of para-hydroxylation sites is 2. The largest absolute Gasteiger partial charge is 0.405 e. The van der Waals surface area contributed by atoms with Crippen molar-refractivity contribution in [3.63, 3.8) is 0 Å². The van der Waals surface area contributed by atoms with Gasteiger partial charge in [0.15, 0.2) is 0 Å². The molecule has 0 saturated heterocycles. The van der Waals surface area contributed by atoms with E-state index in [1.54, 1.807) is 59.2 Å². The Morgan fingerprint density at radius 2 is 1.74 bits per heavy atom. The molecule has 6 nitrogen and oxygen atoms in total. The van der Waals surface area contributed by atoms with Crippen LogP contribution in [0.25, 0.3) is 11.0 Å². The summed E-state index contributed by atoms with van der Waals surface area (Å²) in [6, 6.07) is 15.2. The van der Waals surface area contributed by atoms with Crippen LogP contribution in [0.3, 0.4) is 0 Å². The summed E-state index contributed by atoms with van der Waals surface area (Å²) >= 11 is 0. The van der Waals surface area contributed by atoms with E-state index in [1.807, 2.05) is 12.2 Å². The number of alkyl halides is 3. The molecule has 0 bridgehead atoms. The van der Waals surface area contributed by atoms with E-state index in [0.717, 1.165) is 6.42 Å². The molecule has 9 heteroatoms. The summed E-state index contributed by atoms with van der Waals surface area (Å²) in [5, 5.41) is 4.84. The quantitative estimate of drug-likeness (QED) is 0.565. The van der Waals surface area contributed by atoms with Crippen LogP contribution in [0, 0.1) is 0 Å². The Labute approximate surface area is 177 Å². The fourth-order valence-corrected chi connectivity index (χ4v) is 3.31. The van der Waals surface area contributed by atoms with E-state index < -0.39 is 24.7 Å². The van der Waals surface area contributed by atoms with E-state index in [-0.39, 0.29) is 12.5 Å². The van der Waals surface area contributed by atoms with Gasteiger partial charge in [-0.15, -0.1) is 0 Å². The summed E-state index contributed by atoms with van der Waals surface area (Å²) in [7, 11) is 0. The van der Waals surface area contributed by atoms with E-state index in [1.165, 1.54) is 0 Å². The molecule has 1 unspecified atom stereocenters. The van der Waals surface area contributed by atoms with Gasteiger partial charge in [-0.05, 0) is 30.7 Å². The van der Waals surface area contributed by atoms with Gasteiger partial charge in [0.05, 0.1) is 17.1 Å². The lowest BCUT2D eigenvalue weighted by atomic mass is 10.1. The number of fused-ring (bicyclic) bond motifs is 1. The number of hydrogen-bond donors (Lipinski definition) is 2. The molecule has 1 heterocycles. The van der Waals surface area contributed by atoms with Crippen LogP contribution in [0.1, 0.15) is 42.0 Å². The van der Waals surface area contributed by atoms with Gasteiger partial charge in [-0.25, -0.2) is 4.98 Å². The second-order valence-corrected chi connectivity index (χ2v) is 7.12. The highest BCUT2D eigenvalue weighted by atomic mass is 19.4. The first-order valence-electron chi connectivity index (χ1n) is 9.93. The molecule has 1 aromatic heterocycles. The van der Waals surface area contributed by atoms with Gasteiger partial charge in [0.2, 0.25) is 5.91 Å². The second-order valence-electron chi connectivity index (χ2n) is 7.12. The van der Waals surface area contributed by atoms with Gasteiger partial charge in [0.25, 0.3) is 5.91 Å². The predicted octanol–water partition coefficient (Wildman–Crippen LogP) is 3.99. The van der Waals surface area contributed by atoms with Crippen molar-refractivity contribution in [2.24, 2.45) is 0 Å². The number of nitrogens with one attached hydrogen (secondary N) is 2. The van der Waals surface area contributed by atoms with E-state index in [4.69, 9.17) is 0 Å². The van der Waals surface area contributed by atoms with Crippen LogP contribution in [-0.2, 0) is 11.3 Å². The van der Waals surface area contributed by atoms with Crippen molar-refractivity contribution in [2.75, 3.05) is 6.54 Å². The number of rotatable bonds is 8. The fourth-order valence-electron chi connectivity index (χ4n) is 3.31. The normalized spacial score (nSPS) is 12.5. The third-order valence-electron chi connectivity index (χ3n) is 4.70. The first-order valence-corrected chi connectivity index (χ1v) is 9.93. The highest BCUT2D eigenvalue weighted by Crippen LogP contribution is 2.24. The van der Waals surface area contributed by atoms with Crippen LogP contribution in [0.5, 0.6) is 0 Å². The zero-order chi connectivity index (χ0) is 22.4. The van der Waals surface area contributed by atoms with Gasteiger partial charge in [-0.2, -0.15) is 13.2 Å². The van der Waals surface area contributed by atoms with Crippen LogP contribution in [0.2, 0.25) is 0 Å². The Kier molecular flexibility index (Phi) is 6.94. The van der Waals surface area contributed by atoms with Gasteiger partial charge in [0, 0.05) is 5.56 Å². The molecule has 3 rings (SSSR count). The van der Waals surface area contributed by atoms with Crippen molar-refractivity contribution >= 4 is 22.8 Å². The molecule has 164 valence electrons. The molecule has 0 aliphatic carbocycles. The molecule has 0 aliphatic heterocycles. The van der Waals surface area contributed by atoms with Crippen molar-refractivity contribution in [3.8, 4) is 0 Å². The molecule has 3 aromatic rings. The molecule has 0 fully saturated rings. The standard InChI is InChI=1S/C22H23F3N4O2/c1-2-8-17(28-21(31)15-9-4-3-5-10-15)20-27-16-11-6-7-12-18(16)29(20)13-19(30)26-14-22(23,24)25/h3-7,9-12,17H,2,8,13-14H2,1H3,(H,26,30)(H,28,31). The molecule has 2 N–H and O–H groups in total. The number of aromatic nitrogens is 2. The first-order chi connectivity index (χ1) is 14.8. The molecule has 2 amide bonds. The van der Waals surface area contributed by atoms with E-state index in [9.17, 15) is 22.8 Å². The monoisotopic (exact) mass is 432 g/mol. The van der Waals surface area contributed by atoms with E-state index >= 15 is 0 Å². The second kappa shape index (κ2) is 9.63. The average molecular weight is 432 g/mol. The number of carbonyl (C=O) groups excluding carboxylic acids is 2. The molecule has 1 atom stereocenters. The number of imidazole rings is 1. The Bertz CT molecular complexity index is 1050. The highest BCUT2D eigenvalue weighted by Gasteiger charge is 2.28. The maximum absolute atomic E-state index is 12.7. The van der Waals surface area contributed by atoms with Crippen LogP contribution < -0.4 is 10.6 Å². The summed E-state index contributed by atoms with van der Waals surface area (Å²) in [5.41, 5.74) is 1.68. The highest BCUT2D eigenvalue weighted by molar-refractivity contribution is 5.94. The van der Waals surface area contributed by atoms with Crippen molar-refractivity contribution < 1.29 is 22.8 Å². The summed E-state index contributed by atoms with van der Waals surface area (Å²) in [6.45, 7) is 0.203. The summed E-state index contributed by atoms with van der Waals surface area (Å²) < 4.78 is 39.0. The van der Waals surface area contributed by atoms with Gasteiger partial charge in [-0.3, -0.25) is 9.59 Å². The average Bonchev–Trinajstić information content (AvgIpc) is 3.10. The van der Waals surface area contributed by atoms with Gasteiger partial charge >= 0.3 is 6.18 Å². The van der Waals surface area contributed by atoms with E-state index in [2.05, 4.69) is 10.3 Å². The third kappa shape index (κ3) is 5.84. The molecule has 31 heavy (non-hydrogen) atoms. The van der Waals surface area contributed by atoms with Crippen molar-refractivity contribution in [3.05, 3.63) is 66.0 Å². The number of amides is 2. The van der Waals surface area contributed by atoms with Crippen molar-refractivity contribution in [1.82, 2.24) is 20.2 Å². The Morgan fingerprint density at radius 1 is 1.06 bits per heavy atom. The SMILES string of the molecule is CCCC(NC(=O)c1ccccc1)c1nc2ccccc2n1CC(=O)NCC(F)(F)F. The van der Waals surface area contributed by atoms with Crippen LogP contribution in [0.4, 0.5) is 13.2 Å². The van der Waals surface area contributed by atoms with Gasteiger partial charge < -0.3 is 15.2 Å². The number of hydrogen-bond acceptors (Lipinski definition) is 3. The summed E-state index contributed by atoms with van der Waals surface area (Å²) in [5.74, 6) is -0.653. The lowest BCUT2D eigenvalue weighted by Crippen LogP contribution is -2.37. The Balaban J connectivity index is 1.91. The van der Waals surface area contributed by atoms with Crippen LogP contribution in [-0.4, -0.2) is 34.1 Å². The smallest absolute Gasteiger partial charge is 0.345 e. The first kappa shape index (κ1) is 22.3. The minimum absolute atomic E-state index is 0.292. The number of nitrogens with zero attached hydrogens (tertiary/aromatic N) is 2. The number of benzene rings is 2. The van der Waals surface area contributed by atoms with E-state index in [0.29, 0.717) is 28.8 Å². The fraction of sp³-hybridized carbons (Fsp3) is 0.318. The number of halogens is 3. The molecule has 2 aromatic carbocycles. The maximum Gasteiger partial charge on any atom is 0.405 e.